The number of H-pyrrole nitrogens is 1. The number of rotatable bonds is 3. The molecule has 0 aliphatic heterocycles. The average Bonchev–Trinajstić information content (AvgIpc) is 2.59. The lowest BCUT2D eigenvalue weighted by atomic mass is 10.2. The SMILES string of the molecule is CC(C)SCc1c[nH]c2c(Cl)cccc12. The number of aromatic nitrogens is 1. The van der Waals surface area contributed by atoms with E-state index in [-0.39, 0.29) is 0 Å². The van der Waals surface area contributed by atoms with E-state index in [0.717, 1.165) is 16.3 Å². The summed E-state index contributed by atoms with van der Waals surface area (Å²) in [6.07, 6.45) is 2.06. The average molecular weight is 240 g/mol. The summed E-state index contributed by atoms with van der Waals surface area (Å²) >= 11 is 8.04. The predicted octanol–water partition coefficient (Wildman–Crippen LogP) is 4.46. The van der Waals surface area contributed by atoms with E-state index < -0.39 is 0 Å². The summed E-state index contributed by atoms with van der Waals surface area (Å²) in [4.78, 5) is 3.23. The lowest BCUT2D eigenvalue weighted by Gasteiger charge is -2.03. The van der Waals surface area contributed by atoms with Gasteiger partial charge in [-0.15, -0.1) is 0 Å². The second kappa shape index (κ2) is 4.50. The third-order valence-electron chi connectivity index (χ3n) is 2.32. The summed E-state index contributed by atoms with van der Waals surface area (Å²) in [5.41, 5.74) is 2.39. The quantitative estimate of drug-likeness (QED) is 0.836. The third-order valence-corrected chi connectivity index (χ3v) is 3.78. The molecule has 2 aromatic rings. The molecule has 1 N–H and O–H groups in total. The highest BCUT2D eigenvalue weighted by Crippen LogP contribution is 2.28. The van der Waals surface area contributed by atoms with Gasteiger partial charge >= 0.3 is 0 Å². The Morgan fingerprint density at radius 2 is 2.20 bits per heavy atom. The highest BCUT2D eigenvalue weighted by molar-refractivity contribution is 7.99. The summed E-state index contributed by atoms with van der Waals surface area (Å²) in [6, 6.07) is 6.04. The Balaban J connectivity index is 2.33. The van der Waals surface area contributed by atoms with Gasteiger partial charge in [-0.1, -0.05) is 37.6 Å². The van der Waals surface area contributed by atoms with Crippen LogP contribution in [0.2, 0.25) is 5.02 Å². The molecule has 1 aromatic heterocycles. The number of benzene rings is 1. The molecule has 1 heterocycles. The van der Waals surface area contributed by atoms with E-state index in [1.807, 2.05) is 23.9 Å². The van der Waals surface area contributed by atoms with Crippen molar-refractivity contribution in [2.24, 2.45) is 0 Å². The topological polar surface area (TPSA) is 15.8 Å². The fourth-order valence-corrected chi connectivity index (χ4v) is 2.53. The zero-order valence-electron chi connectivity index (χ0n) is 8.88. The first-order valence-electron chi connectivity index (χ1n) is 5.04. The molecule has 0 fully saturated rings. The molecule has 3 heteroatoms. The molecule has 0 aliphatic carbocycles. The van der Waals surface area contributed by atoms with E-state index in [9.17, 15) is 0 Å². The van der Waals surface area contributed by atoms with Crippen molar-refractivity contribution >= 4 is 34.3 Å². The molecule has 2 rings (SSSR count). The van der Waals surface area contributed by atoms with Crippen LogP contribution in [-0.2, 0) is 5.75 Å². The molecule has 0 saturated heterocycles. The second-order valence-electron chi connectivity index (χ2n) is 3.84. The first kappa shape index (κ1) is 10.9. The van der Waals surface area contributed by atoms with Crippen molar-refractivity contribution in [2.75, 3.05) is 0 Å². The maximum Gasteiger partial charge on any atom is 0.0647 e. The van der Waals surface area contributed by atoms with Gasteiger partial charge in [0, 0.05) is 17.3 Å². The van der Waals surface area contributed by atoms with E-state index in [2.05, 4.69) is 31.1 Å². The largest absolute Gasteiger partial charge is 0.360 e. The highest BCUT2D eigenvalue weighted by atomic mass is 35.5. The smallest absolute Gasteiger partial charge is 0.0647 e. The minimum Gasteiger partial charge on any atom is -0.360 e. The Morgan fingerprint density at radius 3 is 2.93 bits per heavy atom. The van der Waals surface area contributed by atoms with E-state index in [1.54, 1.807) is 0 Å². The first-order valence-corrected chi connectivity index (χ1v) is 6.47. The van der Waals surface area contributed by atoms with Gasteiger partial charge in [-0.3, -0.25) is 0 Å². The van der Waals surface area contributed by atoms with Gasteiger partial charge in [-0.2, -0.15) is 11.8 Å². The van der Waals surface area contributed by atoms with Crippen molar-refractivity contribution in [1.29, 1.82) is 0 Å². The van der Waals surface area contributed by atoms with Crippen LogP contribution in [0, 0.1) is 0 Å². The van der Waals surface area contributed by atoms with Gasteiger partial charge in [0.25, 0.3) is 0 Å². The lowest BCUT2D eigenvalue weighted by molar-refractivity contribution is 1.11. The zero-order chi connectivity index (χ0) is 10.8. The summed E-state index contributed by atoms with van der Waals surface area (Å²) in [6.45, 7) is 4.43. The Labute approximate surface area is 99.2 Å². The molecule has 0 saturated carbocycles. The molecule has 0 bridgehead atoms. The number of para-hydroxylation sites is 1. The molecule has 1 nitrogen and oxygen atoms in total. The van der Waals surface area contributed by atoms with Crippen molar-refractivity contribution in [3.05, 3.63) is 35.0 Å². The van der Waals surface area contributed by atoms with Gasteiger partial charge in [0.1, 0.15) is 0 Å². The van der Waals surface area contributed by atoms with Gasteiger partial charge in [0.15, 0.2) is 0 Å². The van der Waals surface area contributed by atoms with Crippen LogP contribution >= 0.6 is 23.4 Å². The Morgan fingerprint density at radius 1 is 1.40 bits per heavy atom. The first-order chi connectivity index (χ1) is 7.18. The Bertz CT molecular complexity index is 462. The number of hydrogen-bond acceptors (Lipinski definition) is 1. The van der Waals surface area contributed by atoms with Crippen molar-refractivity contribution in [3.63, 3.8) is 0 Å². The van der Waals surface area contributed by atoms with Crippen LogP contribution < -0.4 is 0 Å². The van der Waals surface area contributed by atoms with E-state index in [0.29, 0.717) is 5.25 Å². The third kappa shape index (κ3) is 2.32. The summed E-state index contributed by atoms with van der Waals surface area (Å²) in [7, 11) is 0. The molecule has 1 aromatic carbocycles. The van der Waals surface area contributed by atoms with Gasteiger partial charge in [0.05, 0.1) is 10.5 Å². The number of thioether (sulfide) groups is 1. The monoisotopic (exact) mass is 239 g/mol. The molecule has 80 valence electrons. The van der Waals surface area contributed by atoms with Crippen LogP contribution in [0.3, 0.4) is 0 Å². The molecule has 15 heavy (non-hydrogen) atoms. The molecule has 0 atom stereocenters. The standard InChI is InChI=1S/C12H14ClNS/c1-8(2)15-7-9-6-14-12-10(9)4-3-5-11(12)13/h3-6,8,14H,7H2,1-2H3. The minimum absolute atomic E-state index is 0.661. The number of fused-ring (bicyclic) bond motifs is 1. The van der Waals surface area contributed by atoms with Crippen molar-refractivity contribution < 1.29 is 0 Å². The van der Waals surface area contributed by atoms with Crippen LogP contribution in [0.4, 0.5) is 0 Å². The number of nitrogens with one attached hydrogen (secondary N) is 1. The normalized spacial score (nSPS) is 11.5. The molecule has 0 radical (unpaired) electrons. The summed E-state index contributed by atoms with van der Waals surface area (Å²) in [5, 5.41) is 2.71. The highest BCUT2D eigenvalue weighted by Gasteiger charge is 2.06. The summed E-state index contributed by atoms with van der Waals surface area (Å²) in [5.74, 6) is 1.04. The van der Waals surface area contributed by atoms with Crippen molar-refractivity contribution in [3.8, 4) is 0 Å². The van der Waals surface area contributed by atoms with Gasteiger partial charge in [-0.25, -0.2) is 0 Å². The number of aromatic amines is 1. The van der Waals surface area contributed by atoms with Crippen molar-refractivity contribution in [1.82, 2.24) is 4.98 Å². The van der Waals surface area contributed by atoms with Crippen LogP contribution in [0.1, 0.15) is 19.4 Å². The van der Waals surface area contributed by atoms with Gasteiger partial charge < -0.3 is 4.98 Å². The molecule has 0 aliphatic rings. The molecule has 0 unspecified atom stereocenters. The number of hydrogen-bond donors (Lipinski definition) is 1. The van der Waals surface area contributed by atoms with Crippen LogP contribution in [0.25, 0.3) is 10.9 Å². The van der Waals surface area contributed by atoms with E-state index in [4.69, 9.17) is 11.6 Å². The van der Waals surface area contributed by atoms with Crippen LogP contribution in [-0.4, -0.2) is 10.2 Å². The molecule has 0 spiro atoms. The Hall–Kier alpha value is -0.600. The minimum atomic E-state index is 0.661. The van der Waals surface area contributed by atoms with Gasteiger partial charge in [0.2, 0.25) is 0 Å². The van der Waals surface area contributed by atoms with E-state index in [1.165, 1.54) is 10.9 Å². The number of halogens is 1. The van der Waals surface area contributed by atoms with Crippen molar-refractivity contribution in [2.45, 2.75) is 24.9 Å². The maximum atomic E-state index is 6.10. The second-order valence-corrected chi connectivity index (χ2v) is 5.81. The lowest BCUT2D eigenvalue weighted by Crippen LogP contribution is -1.87. The van der Waals surface area contributed by atoms with Gasteiger partial charge in [-0.05, 0) is 16.9 Å². The summed E-state index contributed by atoms with van der Waals surface area (Å²) < 4.78 is 0. The molecule has 0 amide bonds. The maximum absolute atomic E-state index is 6.10. The molecular weight excluding hydrogens is 226 g/mol. The fraction of sp³-hybridized carbons (Fsp3) is 0.333. The van der Waals surface area contributed by atoms with Crippen LogP contribution in [0.5, 0.6) is 0 Å². The zero-order valence-corrected chi connectivity index (χ0v) is 10.5. The fourth-order valence-electron chi connectivity index (χ4n) is 1.55. The molecular formula is C12H14ClNS. The van der Waals surface area contributed by atoms with Crippen LogP contribution in [0.15, 0.2) is 24.4 Å². The van der Waals surface area contributed by atoms with E-state index >= 15 is 0 Å². The predicted molar refractivity (Wildman–Crippen MR) is 69.7 cm³/mol. The Kier molecular flexibility index (Phi) is 3.27.